The van der Waals surface area contributed by atoms with Gasteiger partial charge in [0.05, 0.1) is 6.20 Å². The molecule has 0 aromatic carbocycles. The Morgan fingerprint density at radius 1 is 1.78 bits per heavy atom. The number of nitrogens with two attached hydrogens (primary N) is 1. The minimum Gasteiger partial charge on any atom is -0.711 e. The number of anilines is 1. The Bertz CT molecular complexity index is 206. The van der Waals surface area contributed by atoms with Gasteiger partial charge in [-0.25, -0.2) is 4.73 Å². The van der Waals surface area contributed by atoms with Crippen molar-refractivity contribution in [2.24, 2.45) is 0 Å². The number of hydrogen-bond donors (Lipinski definition) is 1. The molecule has 0 saturated heterocycles. The van der Waals surface area contributed by atoms with Crippen LogP contribution in [0, 0.1) is 11.3 Å². The smallest absolute Gasteiger partial charge is 0.295 e. The van der Waals surface area contributed by atoms with Crippen LogP contribution in [0.4, 0.5) is 5.82 Å². The molecule has 2 N–H and O–H groups in total. The Morgan fingerprint density at radius 3 is 2.89 bits per heavy atom. The minimum absolute atomic E-state index is 0.0147. The molecular formula is C5H4ClN2O. The summed E-state index contributed by atoms with van der Waals surface area (Å²) in [6.07, 6.45) is 1.24. The van der Waals surface area contributed by atoms with Crippen LogP contribution in [-0.2, 0) is 0 Å². The predicted molar refractivity (Wildman–Crippen MR) is 33.7 cm³/mol. The summed E-state index contributed by atoms with van der Waals surface area (Å²) in [4.78, 5) is 0. The van der Waals surface area contributed by atoms with Crippen LogP contribution in [0.5, 0.6) is 0 Å². The lowest BCUT2D eigenvalue weighted by Crippen LogP contribution is -2.29. The molecule has 0 spiro atoms. The van der Waals surface area contributed by atoms with Gasteiger partial charge < -0.3 is 5.21 Å². The van der Waals surface area contributed by atoms with E-state index in [2.05, 4.69) is 6.07 Å². The van der Waals surface area contributed by atoms with Gasteiger partial charge in [-0.05, 0) is 6.07 Å². The third-order valence-electron chi connectivity index (χ3n) is 0.882. The third-order valence-corrected chi connectivity index (χ3v) is 1.19. The molecule has 4 heteroatoms. The molecule has 1 heterocycles. The van der Waals surface area contributed by atoms with Crippen LogP contribution in [0.1, 0.15) is 0 Å². The summed E-state index contributed by atoms with van der Waals surface area (Å²) in [6, 6.07) is 3.97. The lowest BCUT2D eigenvalue weighted by atomic mass is 10.5. The molecule has 0 aliphatic heterocycles. The molecule has 1 radical (unpaired) electrons. The summed E-state index contributed by atoms with van der Waals surface area (Å²) in [5.41, 5.74) is 5.17. The highest BCUT2D eigenvalue weighted by molar-refractivity contribution is 6.32. The fourth-order valence-corrected chi connectivity index (χ4v) is 0.575. The zero-order valence-corrected chi connectivity index (χ0v) is 5.22. The summed E-state index contributed by atoms with van der Waals surface area (Å²) in [6.45, 7) is 0. The SMILES string of the molecule is Nc1c(Cl)[c]cc[n+]1[O-]. The molecule has 0 aliphatic carbocycles. The van der Waals surface area contributed by atoms with Gasteiger partial charge in [0.1, 0.15) is 5.02 Å². The van der Waals surface area contributed by atoms with E-state index in [0.717, 1.165) is 0 Å². The molecule has 0 amide bonds. The molecule has 1 aromatic heterocycles. The zero-order valence-electron chi connectivity index (χ0n) is 4.47. The highest BCUT2D eigenvalue weighted by atomic mass is 35.5. The van der Waals surface area contributed by atoms with Gasteiger partial charge in [-0.2, -0.15) is 0 Å². The summed E-state index contributed by atoms with van der Waals surface area (Å²) in [7, 11) is 0. The number of rotatable bonds is 0. The van der Waals surface area contributed by atoms with E-state index in [1.165, 1.54) is 12.3 Å². The van der Waals surface area contributed by atoms with Crippen molar-refractivity contribution in [3.05, 3.63) is 28.6 Å². The van der Waals surface area contributed by atoms with Gasteiger partial charge in [-0.15, -0.1) is 0 Å². The van der Waals surface area contributed by atoms with Crippen molar-refractivity contribution in [2.75, 3.05) is 5.73 Å². The number of nitrogen functional groups attached to an aromatic ring is 1. The molecule has 0 saturated carbocycles. The number of aromatic nitrogens is 1. The molecule has 3 nitrogen and oxygen atoms in total. The van der Waals surface area contributed by atoms with Crippen molar-refractivity contribution in [1.82, 2.24) is 0 Å². The molecule has 47 valence electrons. The molecular weight excluding hydrogens is 140 g/mol. The van der Waals surface area contributed by atoms with Crippen LogP contribution in [0.2, 0.25) is 5.02 Å². The topological polar surface area (TPSA) is 53.0 Å². The Hall–Kier alpha value is -0.960. The molecule has 0 aliphatic rings. The predicted octanol–water partition coefficient (Wildman–Crippen LogP) is 0.356. The van der Waals surface area contributed by atoms with Crippen molar-refractivity contribution in [2.45, 2.75) is 0 Å². The first kappa shape index (κ1) is 6.16. The van der Waals surface area contributed by atoms with Crippen molar-refractivity contribution < 1.29 is 4.73 Å². The quantitative estimate of drug-likeness (QED) is 0.421. The van der Waals surface area contributed by atoms with E-state index < -0.39 is 0 Å². The van der Waals surface area contributed by atoms with Gasteiger partial charge in [-0.3, -0.25) is 5.73 Å². The second-order valence-electron chi connectivity index (χ2n) is 1.49. The Labute approximate surface area is 57.3 Å². The van der Waals surface area contributed by atoms with Crippen LogP contribution >= 0.6 is 11.6 Å². The largest absolute Gasteiger partial charge is 0.711 e. The first-order chi connectivity index (χ1) is 4.22. The maximum atomic E-state index is 10.5. The van der Waals surface area contributed by atoms with Crippen LogP contribution in [-0.4, -0.2) is 0 Å². The van der Waals surface area contributed by atoms with Crippen LogP contribution < -0.4 is 10.5 Å². The Morgan fingerprint density at radius 2 is 2.44 bits per heavy atom. The lowest BCUT2D eigenvalue weighted by Gasteiger charge is -2.02. The van der Waals surface area contributed by atoms with Crippen molar-refractivity contribution >= 4 is 17.4 Å². The molecule has 0 unspecified atom stereocenters. The standard InChI is InChI=1S/C5H4ClN2O/c6-4-2-1-3-8(9)5(4)7/h1,3H,7H2. The van der Waals surface area contributed by atoms with E-state index in [1.54, 1.807) is 0 Å². The molecule has 9 heavy (non-hydrogen) atoms. The van der Waals surface area contributed by atoms with E-state index in [0.29, 0.717) is 4.73 Å². The third kappa shape index (κ3) is 1.05. The Balaban J connectivity index is 3.25. The van der Waals surface area contributed by atoms with E-state index in [4.69, 9.17) is 17.3 Å². The van der Waals surface area contributed by atoms with Gasteiger partial charge in [-0.1, -0.05) is 11.6 Å². The molecule has 0 fully saturated rings. The van der Waals surface area contributed by atoms with Gasteiger partial charge in [0, 0.05) is 6.07 Å². The number of pyridine rings is 1. The number of nitrogens with zero attached hydrogens (tertiary/aromatic N) is 1. The zero-order chi connectivity index (χ0) is 6.85. The molecule has 0 atom stereocenters. The van der Waals surface area contributed by atoms with Crippen molar-refractivity contribution in [3.8, 4) is 0 Å². The number of halogens is 1. The summed E-state index contributed by atoms with van der Waals surface area (Å²) in [5.74, 6) is -0.0147. The molecule has 1 aromatic rings. The maximum Gasteiger partial charge on any atom is 0.295 e. The Kier molecular flexibility index (Phi) is 1.44. The fourth-order valence-electron chi connectivity index (χ4n) is 0.429. The summed E-state index contributed by atoms with van der Waals surface area (Å²) in [5, 5.41) is 10.7. The van der Waals surface area contributed by atoms with Gasteiger partial charge in [0.25, 0.3) is 5.82 Å². The fraction of sp³-hybridized carbons (Fsp3) is 0. The van der Waals surface area contributed by atoms with Gasteiger partial charge >= 0.3 is 0 Å². The van der Waals surface area contributed by atoms with Crippen LogP contribution in [0.25, 0.3) is 0 Å². The van der Waals surface area contributed by atoms with Gasteiger partial charge in [0.15, 0.2) is 0 Å². The monoisotopic (exact) mass is 143 g/mol. The first-order valence-electron chi connectivity index (χ1n) is 2.26. The number of hydrogen-bond acceptors (Lipinski definition) is 2. The highest BCUT2D eigenvalue weighted by Crippen LogP contribution is 2.09. The van der Waals surface area contributed by atoms with E-state index in [9.17, 15) is 5.21 Å². The maximum absolute atomic E-state index is 10.5. The highest BCUT2D eigenvalue weighted by Gasteiger charge is 2.00. The second kappa shape index (κ2) is 2.11. The summed E-state index contributed by atoms with van der Waals surface area (Å²) >= 11 is 5.41. The molecule has 0 bridgehead atoms. The lowest BCUT2D eigenvalue weighted by molar-refractivity contribution is -0.589. The van der Waals surface area contributed by atoms with Gasteiger partial charge in [0.2, 0.25) is 0 Å². The van der Waals surface area contributed by atoms with Crippen LogP contribution in [0.15, 0.2) is 12.3 Å². The summed E-state index contributed by atoms with van der Waals surface area (Å²) < 4.78 is 0.485. The first-order valence-corrected chi connectivity index (χ1v) is 2.64. The normalized spacial score (nSPS) is 9.44. The average molecular weight is 144 g/mol. The second-order valence-corrected chi connectivity index (χ2v) is 1.86. The molecule has 1 rings (SSSR count). The average Bonchev–Trinajstić information content (AvgIpc) is 1.83. The van der Waals surface area contributed by atoms with E-state index in [1.807, 2.05) is 0 Å². The minimum atomic E-state index is -0.0147. The van der Waals surface area contributed by atoms with Crippen molar-refractivity contribution in [1.29, 1.82) is 0 Å². The van der Waals surface area contributed by atoms with E-state index >= 15 is 0 Å². The van der Waals surface area contributed by atoms with E-state index in [-0.39, 0.29) is 10.8 Å². The van der Waals surface area contributed by atoms with Crippen LogP contribution in [0.3, 0.4) is 0 Å². The van der Waals surface area contributed by atoms with Crippen molar-refractivity contribution in [3.63, 3.8) is 0 Å².